The standard InChI is InChI=1S/C22H28FNO4S/c1-16(2)15-29(26,27)13-12-22(25)24-21(14-17-4-8-19(23)9-5-17)18-6-10-20(28-3)11-7-18/h4-11,16,21H,12-15H2,1-3H3,(H,24,25). The summed E-state index contributed by atoms with van der Waals surface area (Å²) in [7, 11) is -1.69. The molecule has 2 rings (SSSR count). The molecular weight excluding hydrogens is 393 g/mol. The van der Waals surface area contributed by atoms with Gasteiger partial charge in [-0.25, -0.2) is 12.8 Å². The van der Waals surface area contributed by atoms with Crippen LogP contribution in [0.4, 0.5) is 4.39 Å². The van der Waals surface area contributed by atoms with Crippen molar-refractivity contribution < 1.29 is 22.3 Å². The van der Waals surface area contributed by atoms with Gasteiger partial charge in [0, 0.05) is 6.42 Å². The molecule has 158 valence electrons. The molecule has 29 heavy (non-hydrogen) atoms. The van der Waals surface area contributed by atoms with Crippen LogP contribution < -0.4 is 10.1 Å². The first-order valence-corrected chi connectivity index (χ1v) is 11.4. The maximum absolute atomic E-state index is 13.2. The summed E-state index contributed by atoms with van der Waals surface area (Å²) in [4.78, 5) is 12.5. The molecule has 0 bridgehead atoms. The van der Waals surface area contributed by atoms with Gasteiger partial charge in [-0.3, -0.25) is 4.79 Å². The molecule has 0 aliphatic carbocycles. The van der Waals surface area contributed by atoms with Crippen LogP contribution in [0, 0.1) is 11.7 Å². The van der Waals surface area contributed by atoms with Gasteiger partial charge in [0.15, 0.2) is 9.84 Å². The summed E-state index contributed by atoms with van der Waals surface area (Å²) < 4.78 is 42.5. The van der Waals surface area contributed by atoms with Crippen LogP contribution in [0.1, 0.15) is 37.4 Å². The molecule has 1 atom stereocenters. The Morgan fingerprint density at radius 1 is 1.07 bits per heavy atom. The molecule has 0 aliphatic heterocycles. The van der Waals surface area contributed by atoms with Crippen LogP contribution >= 0.6 is 0 Å². The lowest BCUT2D eigenvalue weighted by Crippen LogP contribution is -2.31. The number of amides is 1. The van der Waals surface area contributed by atoms with E-state index >= 15 is 0 Å². The molecule has 1 amide bonds. The number of sulfone groups is 1. The largest absolute Gasteiger partial charge is 0.497 e. The van der Waals surface area contributed by atoms with Crippen molar-refractivity contribution in [3.8, 4) is 5.75 Å². The molecule has 0 saturated carbocycles. The highest BCUT2D eigenvalue weighted by atomic mass is 32.2. The lowest BCUT2D eigenvalue weighted by atomic mass is 9.98. The van der Waals surface area contributed by atoms with Gasteiger partial charge in [0.2, 0.25) is 5.91 Å². The number of hydrogen-bond acceptors (Lipinski definition) is 4. The van der Waals surface area contributed by atoms with Crippen molar-refractivity contribution in [1.29, 1.82) is 0 Å². The summed E-state index contributed by atoms with van der Waals surface area (Å²) in [5, 5.41) is 2.92. The minimum atomic E-state index is -3.27. The zero-order valence-electron chi connectivity index (χ0n) is 17.0. The van der Waals surface area contributed by atoms with Crippen molar-refractivity contribution in [2.24, 2.45) is 5.92 Å². The van der Waals surface area contributed by atoms with Crippen molar-refractivity contribution in [2.75, 3.05) is 18.6 Å². The van der Waals surface area contributed by atoms with Crippen LogP contribution in [-0.4, -0.2) is 32.9 Å². The van der Waals surface area contributed by atoms with E-state index in [9.17, 15) is 17.6 Å². The van der Waals surface area contributed by atoms with Crippen molar-refractivity contribution in [3.05, 3.63) is 65.5 Å². The molecule has 0 aliphatic rings. The first-order chi connectivity index (χ1) is 13.7. The topological polar surface area (TPSA) is 72.5 Å². The minimum Gasteiger partial charge on any atom is -0.497 e. The first kappa shape index (κ1) is 22.9. The summed E-state index contributed by atoms with van der Waals surface area (Å²) in [6.07, 6.45) is 0.363. The van der Waals surface area contributed by atoms with Crippen LogP contribution in [0.5, 0.6) is 5.75 Å². The lowest BCUT2D eigenvalue weighted by Gasteiger charge is -2.20. The Labute approximate surface area is 172 Å². The van der Waals surface area contributed by atoms with Crippen LogP contribution in [0.2, 0.25) is 0 Å². The highest BCUT2D eigenvalue weighted by molar-refractivity contribution is 7.91. The molecule has 7 heteroatoms. The van der Waals surface area contributed by atoms with Gasteiger partial charge in [-0.2, -0.15) is 0 Å². The third kappa shape index (κ3) is 7.85. The van der Waals surface area contributed by atoms with Gasteiger partial charge in [-0.1, -0.05) is 38.1 Å². The summed E-state index contributed by atoms with van der Waals surface area (Å²) in [5.41, 5.74) is 1.72. The average Bonchev–Trinajstić information content (AvgIpc) is 2.67. The Kier molecular flexibility index (Phi) is 8.20. The van der Waals surface area contributed by atoms with Crippen molar-refractivity contribution in [3.63, 3.8) is 0 Å². The molecule has 0 fully saturated rings. The molecule has 1 N–H and O–H groups in total. The fourth-order valence-corrected chi connectivity index (χ4v) is 4.73. The number of hydrogen-bond donors (Lipinski definition) is 1. The quantitative estimate of drug-likeness (QED) is 0.635. The molecule has 1 unspecified atom stereocenters. The molecule has 2 aromatic rings. The number of benzene rings is 2. The second kappa shape index (κ2) is 10.4. The van der Waals surface area contributed by atoms with E-state index in [2.05, 4.69) is 5.32 Å². The second-order valence-electron chi connectivity index (χ2n) is 7.48. The smallest absolute Gasteiger partial charge is 0.221 e. The van der Waals surface area contributed by atoms with E-state index < -0.39 is 9.84 Å². The fourth-order valence-electron chi connectivity index (χ4n) is 3.05. The van der Waals surface area contributed by atoms with Gasteiger partial charge < -0.3 is 10.1 Å². The lowest BCUT2D eigenvalue weighted by molar-refractivity contribution is -0.121. The van der Waals surface area contributed by atoms with Gasteiger partial charge in [0.05, 0.1) is 24.7 Å². The summed E-state index contributed by atoms with van der Waals surface area (Å²) in [6.45, 7) is 3.67. The number of halogens is 1. The Morgan fingerprint density at radius 3 is 2.24 bits per heavy atom. The Balaban J connectivity index is 2.11. The Bertz CT molecular complexity index is 893. The van der Waals surface area contributed by atoms with Gasteiger partial charge in [0.1, 0.15) is 11.6 Å². The molecule has 2 aromatic carbocycles. The van der Waals surface area contributed by atoms with E-state index in [1.165, 1.54) is 12.1 Å². The van der Waals surface area contributed by atoms with Crippen molar-refractivity contribution in [2.45, 2.75) is 32.7 Å². The van der Waals surface area contributed by atoms with Crippen LogP contribution in [-0.2, 0) is 21.1 Å². The van der Waals surface area contributed by atoms with Crippen molar-refractivity contribution in [1.82, 2.24) is 5.32 Å². The van der Waals surface area contributed by atoms with Gasteiger partial charge in [0.25, 0.3) is 0 Å². The summed E-state index contributed by atoms with van der Waals surface area (Å²) >= 11 is 0. The Hall–Kier alpha value is -2.41. The molecule has 0 radical (unpaired) electrons. The minimum absolute atomic E-state index is 0.0218. The maximum Gasteiger partial charge on any atom is 0.221 e. The SMILES string of the molecule is COc1ccc(C(Cc2ccc(F)cc2)NC(=O)CCS(=O)(=O)CC(C)C)cc1. The maximum atomic E-state index is 13.2. The molecule has 0 spiro atoms. The third-order valence-corrected chi connectivity index (χ3v) is 6.43. The third-order valence-electron chi connectivity index (χ3n) is 4.43. The van der Waals surface area contributed by atoms with Crippen LogP contribution in [0.15, 0.2) is 48.5 Å². The van der Waals surface area contributed by atoms with Gasteiger partial charge in [-0.05, 0) is 47.7 Å². The summed E-state index contributed by atoms with van der Waals surface area (Å²) in [6, 6.07) is 13.0. The number of carbonyl (C=O) groups is 1. The van der Waals surface area contributed by atoms with E-state index in [1.54, 1.807) is 31.4 Å². The van der Waals surface area contributed by atoms with Crippen LogP contribution in [0.3, 0.4) is 0 Å². The molecule has 0 saturated heterocycles. The van der Waals surface area contributed by atoms with E-state index in [0.29, 0.717) is 12.2 Å². The number of carbonyl (C=O) groups excluding carboxylic acids is 1. The van der Waals surface area contributed by atoms with Gasteiger partial charge >= 0.3 is 0 Å². The zero-order valence-corrected chi connectivity index (χ0v) is 17.8. The number of methoxy groups -OCH3 is 1. The molecule has 5 nitrogen and oxygen atoms in total. The second-order valence-corrected chi connectivity index (χ2v) is 9.71. The monoisotopic (exact) mass is 421 g/mol. The summed E-state index contributed by atoms with van der Waals surface area (Å²) in [5.74, 6) is -0.0518. The normalized spacial score (nSPS) is 12.6. The number of rotatable bonds is 10. The number of ether oxygens (including phenoxy) is 1. The fraction of sp³-hybridized carbons (Fsp3) is 0.409. The Morgan fingerprint density at radius 2 is 1.69 bits per heavy atom. The van der Waals surface area contributed by atoms with E-state index in [0.717, 1.165) is 11.1 Å². The first-order valence-electron chi connectivity index (χ1n) is 9.56. The van der Waals surface area contributed by atoms with Gasteiger partial charge in [-0.15, -0.1) is 0 Å². The van der Waals surface area contributed by atoms with Crippen molar-refractivity contribution >= 4 is 15.7 Å². The van der Waals surface area contributed by atoms with E-state index in [4.69, 9.17) is 4.74 Å². The average molecular weight is 422 g/mol. The van der Waals surface area contributed by atoms with E-state index in [1.807, 2.05) is 26.0 Å². The predicted molar refractivity (Wildman–Crippen MR) is 112 cm³/mol. The highest BCUT2D eigenvalue weighted by Crippen LogP contribution is 2.22. The van der Waals surface area contributed by atoms with Crippen LogP contribution in [0.25, 0.3) is 0 Å². The molecule has 0 aromatic heterocycles. The van der Waals surface area contributed by atoms with E-state index in [-0.39, 0.29) is 41.6 Å². The number of nitrogens with one attached hydrogen (secondary N) is 1. The molecule has 0 heterocycles. The zero-order chi connectivity index (χ0) is 21.4. The molecular formula is C22H28FNO4S. The highest BCUT2D eigenvalue weighted by Gasteiger charge is 2.19. The predicted octanol–water partition coefficient (Wildman–Crippen LogP) is 3.70.